The molecule has 3 aromatic carbocycles. The predicted octanol–water partition coefficient (Wildman–Crippen LogP) is 6.19. The van der Waals surface area contributed by atoms with Gasteiger partial charge in [0.05, 0.1) is 17.6 Å². The highest BCUT2D eigenvalue weighted by Gasteiger charge is 2.11. The minimum absolute atomic E-state index is 0.129. The molecule has 0 unspecified atom stereocenters. The number of fused-ring (bicyclic) bond motifs is 1. The lowest BCUT2D eigenvalue weighted by Gasteiger charge is -2.13. The maximum absolute atomic E-state index is 12.1. The molecule has 0 aliphatic carbocycles. The van der Waals surface area contributed by atoms with E-state index >= 15 is 0 Å². The fraction of sp³-hybridized carbons (Fsp3) is 0.355. The minimum Gasteiger partial charge on any atom is -0.491 e. The van der Waals surface area contributed by atoms with Crippen LogP contribution in [0.5, 0.6) is 5.75 Å². The van der Waals surface area contributed by atoms with Crippen molar-refractivity contribution < 1.29 is 9.53 Å². The third kappa shape index (κ3) is 6.97. The Labute approximate surface area is 214 Å². The predicted molar refractivity (Wildman–Crippen MR) is 146 cm³/mol. The zero-order valence-corrected chi connectivity index (χ0v) is 21.5. The lowest BCUT2D eigenvalue weighted by atomic mass is 10.1. The van der Waals surface area contributed by atoms with E-state index in [-0.39, 0.29) is 5.91 Å². The third-order valence-electron chi connectivity index (χ3n) is 6.74. The van der Waals surface area contributed by atoms with Gasteiger partial charge in [-0.2, -0.15) is 0 Å². The van der Waals surface area contributed by atoms with Gasteiger partial charge < -0.3 is 14.6 Å². The van der Waals surface area contributed by atoms with Crippen LogP contribution in [-0.4, -0.2) is 28.6 Å². The largest absolute Gasteiger partial charge is 0.491 e. The highest BCUT2D eigenvalue weighted by Crippen LogP contribution is 2.22. The molecule has 0 saturated carbocycles. The molecule has 0 saturated heterocycles. The molecule has 0 radical (unpaired) electrons. The van der Waals surface area contributed by atoms with Crippen LogP contribution in [0.2, 0.25) is 0 Å². The van der Waals surface area contributed by atoms with Gasteiger partial charge in [0.1, 0.15) is 18.2 Å². The number of amides is 1. The van der Waals surface area contributed by atoms with Gasteiger partial charge in [-0.25, -0.2) is 4.98 Å². The van der Waals surface area contributed by atoms with Crippen molar-refractivity contribution >= 4 is 16.9 Å². The molecular formula is C31H37N3O2. The van der Waals surface area contributed by atoms with Crippen LogP contribution in [0.4, 0.5) is 0 Å². The first-order chi connectivity index (χ1) is 17.6. The second kappa shape index (κ2) is 12.9. The van der Waals surface area contributed by atoms with Gasteiger partial charge in [-0.05, 0) is 68.0 Å². The second-order valence-corrected chi connectivity index (χ2v) is 9.36. The Morgan fingerprint density at radius 1 is 0.889 bits per heavy atom. The molecule has 0 aliphatic heterocycles. The van der Waals surface area contributed by atoms with E-state index in [1.54, 1.807) is 0 Å². The molecular weight excluding hydrogens is 446 g/mol. The average molecular weight is 484 g/mol. The Balaban J connectivity index is 1.22. The van der Waals surface area contributed by atoms with Crippen LogP contribution in [0.25, 0.3) is 11.0 Å². The van der Waals surface area contributed by atoms with E-state index in [1.165, 1.54) is 16.7 Å². The summed E-state index contributed by atoms with van der Waals surface area (Å²) in [5.41, 5.74) is 5.83. The highest BCUT2D eigenvalue weighted by molar-refractivity contribution is 5.76. The van der Waals surface area contributed by atoms with Crippen molar-refractivity contribution in [1.29, 1.82) is 0 Å². The molecule has 188 valence electrons. The number of carbonyl (C=O) groups is 1. The van der Waals surface area contributed by atoms with E-state index in [2.05, 4.69) is 60.1 Å². The molecule has 1 aromatic heterocycles. The molecule has 5 heteroatoms. The van der Waals surface area contributed by atoms with Gasteiger partial charge in [-0.3, -0.25) is 4.79 Å². The standard InChI is InChI=1S/C31H37N3O2/c1-24-12-11-17-29(25(24)2)36-23-22-34-28-16-9-8-15-27(28)33-30(34)18-7-4-10-21-32-31(35)20-19-26-13-5-3-6-14-26/h3,5-6,8-9,11-17H,4,7,10,18-23H2,1-2H3,(H,32,35). The Morgan fingerprint density at radius 3 is 2.56 bits per heavy atom. The summed E-state index contributed by atoms with van der Waals surface area (Å²) in [5, 5.41) is 3.06. The maximum atomic E-state index is 12.1. The Hall–Kier alpha value is -3.60. The van der Waals surface area contributed by atoms with Gasteiger partial charge in [0.25, 0.3) is 0 Å². The molecule has 1 heterocycles. The Bertz CT molecular complexity index is 1260. The number of rotatable bonds is 13. The number of para-hydroxylation sites is 2. The molecule has 0 fully saturated rings. The number of carbonyl (C=O) groups excluding carboxylic acids is 1. The topological polar surface area (TPSA) is 56.1 Å². The molecule has 0 bridgehead atoms. The Morgan fingerprint density at radius 2 is 1.69 bits per heavy atom. The summed E-state index contributed by atoms with van der Waals surface area (Å²) in [6, 6.07) is 24.7. The first-order valence-corrected chi connectivity index (χ1v) is 13.1. The first kappa shape index (κ1) is 25.5. The zero-order chi connectivity index (χ0) is 25.2. The number of nitrogens with zero attached hydrogens (tertiary/aromatic N) is 2. The van der Waals surface area contributed by atoms with Crippen molar-refractivity contribution in [1.82, 2.24) is 14.9 Å². The van der Waals surface area contributed by atoms with Crippen LogP contribution in [0, 0.1) is 13.8 Å². The molecule has 1 N–H and O–H groups in total. The lowest BCUT2D eigenvalue weighted by Crippen LogP contribution is -2.24. The summed E-state index contributed by atoms with van der Waals surface area (Å²) in [6.45, 7) is 6.31. The monoisotopic (exact) mass is 483 g/mol. The molecule has 5 nitrogen and oxygen atoms in total. The smallest absolute Gasteiger partial charge is 0.220 e. The first-order valence-electron chi connectivity index (χ1n) is 13.1. The van der Waals surface area contributed by atoms with Crippen LogP contribution in [-0.2, 0) is 24.2 Å². The fourth-order valence-corrected chi connectivity index (χ4v) is 4.50. The molecule has 0 spiro atoms. The van der Waals surface area contributed by atoms with E-state index in [0.29, 0.717) is 13.0 Å². The third-order valence-corrected chi connectivity index (χ3v) is 6.74. The van der Waals surface area contributed by atoms with Crippen molar-refractivity contribution in [3.8, 4) is 5.75 Å². The van der Waals surface area contributed by atoms with Gasteiger partial charge in [0.2, 0.25) is 5.91 Å². The fourth-order valence-electron chi connectivity index (χ4n) is 4.50. The summed E-state index contributed by atoms with van der Waals surface area (Å²) in [5.74, 6) is 2.18. The van der Waals surface area contributed by atoms with Crippen LogP contribution in [0.15, 0.2) is 72.8 Å². The van der Waals surface area contributed by atoms with E-state index in [9.17, 15) is 4.79 Å². The summed E-state index contributed by atoms with van der Waals surface area (Å²) in [7, 11) is 0. The average Bonchev–Trinajstić information content (AvgIpc) is 3.25. The SMILES string of the molecule is Cc1cccc(OCCn2c(CCCCCNC(=O)CCc3ccccc3)nc3ccccc32)c1C. The number of hydrogen-bond acceptors (Lipinski definition) is 3. The van der Waals surface area contributed by atoms with Gasteiger partial charge in [0, 0.05) is 19.4 Å². The van der Waals surface area contributed by atoms with Crippen molar-refractivity contribution in [2.45, 2.75) is 58.9 Å². The number of nitrogens with one attached hydrogen (secondary N) is 1. The van der Waals surface area contributed by atoms with Crippen LogP contribution >= 0.6 is 0 Å². The molecule has 0 aliphatic rings. The molecule has 4 aromatic rings. The number of benzene rings is 3. The van der Waals surface area contributed by atoms with Gasteiger partial charge >= 0.3 is 0 Å². The number of aryl methyl sites for hydroxylation is 3. The molecule has 36 heavy (non-hydrogen) atoms. The number of aromatic nitrogens is 2. The van der Waals surface area contributed by atoms with E-state index in [4.69, 9.17) is 9.72 Å². The summed E-state index contributed by atoms with van der Waals surface area (Å²) in [6.07, 6.45) is 5.32. The van der Waals surface area contributed by atoms with Gasteiger partial charge in [-0.15, -0.1) is 0 Å². The number of ether oxygens (including phenoxy) is 1. The zero-order valence-electron chi connectivity index (χ0n) is 21.5. The minimum atomic E-state index is 0.129. The second-order valence-electron chi connectivity index (χ2n) is 9.36. The highest BCUT2D eigenvalue weighted by atomic mass is 16.5. The van der Waals surface area contributed by atoms with Crippen LogP contribution in [0.1, 0.15) is 48.2 Å². The number of hydrogen-bond donors (Lipinski definition) is 1. The maximum Gasteiger partial charge on any atom is 0.220 e. The number of unbranched alkanes of at least 4 members (excludes halogenated alkanes) is 2. The van der Waals surface area contributed by atoms with Gasteiger partial charge in [0.15, 0.2) is 0 Å². The van der Waals surface area contributed by atoms with Crippen molar-refractivity contribution in [2.24, 2.45) is 0 Å². The van der Waals surface area contributed by atoms with Crippen molar-refractivity contribution in [2.75, 3.05) is 13.2 Å². The normalized spacial score (nSPS) is 11.1. The summed E-state index contributed by atoms with van der Waals surface area (Å²) >= 11 is 0. The van der Waals surface area contributed by atoms with Crippen molar-refractivity contribution in [3.63, 3.8) is 0 Å². The van der Waals surface area contributed by atoms with E-state index in [1.807, 2.05) is 36.4 Å². The van der Waals surface area contributed by atoms with E-state index < -0.39 is 0 Å². The quantitative estimate of drug-likeness (QED) is 0.231. The summed E-state index contributed by atoms with van der Waals surface area (Å²) in [4.78, 5) is 17.0. The lowest BCUT2D eigenvalue weighted by molar-refractivity contribution is -0.121. The Kier molecular flexibility index (Phi) is 9.15. The molecule has 1 amide bonds. The molecule has 4 rings (SSSR count). The van der Waals surface area contributed by atoms with E-state index in [0.717, 1.165) is 67.8 Å². The number of imidazole rings is 1. The van der Waals surface area contributed by atoms with Crippen LogP contribution in [0.3, 0.4) is 0 Å². The van der Waals surface area contributed by atoms with Gasteiger partial charge in [-0.1, -0.05) is 61.0 Å². The summed E-state index contributed by atoms with van der Waals surface area (Å²) < 4.78 is 8.43. The molecule has 0 atom stereocenters. The van der Waals surface area contributed by atoms with Crippen LogP contribution < -0.4 is 10.1 Å². The van der Waals surface area contributed by atoms with Crippen molar-refractivity contribution in [3.05, 3.63) is 95.3 Å².